The van der Waals surface area contributed by atoms with E-state index in [2.05, 4.69) is 47.1 Å². The molecule has 0 radical (unpaired) electrons. The SMILES string of the molecule is C#CO.CC#Cc1c[nH]c(=O)c(C2(C)CCN(C(C)=O)CC2C)c1.FC(F)c1nc(N2CCCC2)c2oc3ccccc3c2n1. The number of nitrogens with one attached hydrogen (secondary N) is 1. The zero-order valence-electron chi connectivity index (χ0n) is 25.9. The van der Waals surface area contributed by atoms with E-state index >= 15 is 0 Å². The number of aliphatic hydroxyl groups excluding tert-OH is 1. The van der Waals surface area contributed by atoms with Gasteiger partial charge in [0.2, 0.25) is 5.91 Å². The quantitative estimate of drug-likeness (QED) is 0.281. The van der Waals surface area contributed by atoms with Gasteiger partial charge < -0.3 is 24.3 Å². The van der Waals surface area contributed by atoms with Crippen molar-refractivity contribution in [3.05, 3.63) is 63.8 Å². The number of likely N-dealkylation sites (tertiary alicyclic amines) is 1. The molecule has 9 nitrogen and oxygen atoms in total. The Morgan fingerprint density at radius 1 is 1.22 bits per heavy atom. The lowest BCUT2D eigenvalue weighted by Gasteiger charge is -2.44. The zero-order chi connectivity index (χ0) is 32.7. The van der Waals surface area contributed by atoms with E-state index < -0.39 is 12.2 Å². The molecule has 0 aliphatic carbocycles. The number of fused-ring (bicyclic) bond motifs is 3. The molecule has 3 aromatic heterocycles. The van der Waals surface area contributed by atoms with Gasteiger partial charge in [0.05, 0.1) is 0 Å². The third-order valence-electron chi connectivity index (χ3n) is 8.54. The second-order valence-corrected chi connectivity index (χ2v) is 11.3. The van der Waals surface area contributed by atoms with Gasteiger partial charge in [0, 0.05) is 61.2 Å². The number of anilines is 1. The fourth-order valence-electron chi connectivity index (χ4n) is 5.88. The second-order valence-electron chi connectivity index (χ2n) is 11.3. The Kier molecular flexibility index (Phi) is 10.5. The van der Waals surface area contributed by atoms with Gasteiger partial charge in [-0.2, -0.15) is 0 Å². The Morgan fingerprint density at radius 2 is 1.91 bits per heavy atom. The molecular formula is C34H37F2N5O4. The average molecular weight is 618 g/mol. The molecule has 0 saturated carbocycles. The summed E-state index contributed by atoms with van der Waals surface area (Å²) >= 11 is 0. The fraction of sp³-hybridized carbons (Fsp3) is 0.412. The van der Waals surface area contributed by atoms with Crippen molar-refractivity contribution in [2.24, 2.45) is 5.92 Å². The van der Waals surface area contributed by atoms with Gasteiger partial charge in [0.15, 0.2) is 17.2 Å². The largest absolute Gasteiger partial charge is 0.462 e. The number of carbonyl (C=O) groups excluding carboxylic acids is 1. The first-order chi connectivity index (χ1) is 21.5. The van der Waals surface area contributed by atoms with Gasteiger partial charge in [-0.15, -0.1) is 5.92 Å². The van der Waals surface area contributed by atoms with Crippen molar-refractivity contribution >= 4 is 33.8 Å². The molecule has 2 aliphatic heterocycles. The van der Waals surface area contributed by atoms with Gasteiger partial charge in [0.1, 0.15) is 17.2 Å². The number of alkyl halides is 2. The number of halogens is 2. The molecule has 2 aliphatic rings. The van der Waals surface area contributed by atoms with Gasteiger partial charge in [-0.1, -0.05) is 38.3 Å². The van der Waals surface area contributed by atoms with Crippen LogP contribution in [0, 0.1) is 30.3 Å². The molecule has 0 bridgehead atoms. The Balaban J connectivity index is 0.000000189. The van der Waals surface area contributed by atoms with Crippen LogP contribution in [0.5, 0.6) is 0 Å². The van der Waals surface area contributed by atoms with E-state index in [4.69, 9.17) is 9.52 Å². The first kappa shape index (κ1) is 33.0. The minimum absolute atomic E-state index is 0.0534. The van der Waals surface area contributed by atoms with Crippen LogP contribution in [-0.2, 0) is 10.2 Å². The maximum Gasteiger partial charge on any atom is 0.297 e. The van der Waals surface area contributed by atoms with Gasteiger partial charge in [-0.25, -0.2) is 18.7 Å². The molecule has 0 spiro atoms. The molecule has 45 heavy (non-hydrogen) atoms. The van der Waals surface area contributed by atoms with Crippen LogP contribution in [-0.4, -0.2) is 57.0 Å². The minimum atomic E-state index is -2.69. The molecule has 236 valence electrons. The first-order valence-corrected chi connectivity index (χ1v) is 14.8. The predicted molar refractivity (Wildman–Crippen MR) is 169 cm³/mol. The van der Waals surface area contributed by atoms with Crippen LogP contribution < -0.4 is 10.5 Å². The van der Waals surface area contributed by atoms with Crippen LogP contribution >= 0.6 is 0 Å². The second kappa shape index (κ2) is 14.3. The van der Waals surface area contributed by atoms with Crippen LogP contribution in [0.1, 0.15) is 70.3 Å². The van der Waals surface area contributed by atoms with E-state index in [0.29, 0.717) is 35.6 Å². The molecule has 2 N–H and O–H groups in total. The number of rotatable bonds is 3. The maximum absolute atomic E-state index is 13.1. The number of aliphatic hydroxyl groups is 1. The van der Waals surface area contributed by atoms with Gasteiger partial charge >= 0.3 is 0 Å². The Bertz CT molecular complexity index is 1830. The molecule has 6 rings (SSSR count). The molecule has 2 fully saturated rings. The number of amides is 1. The first-order valence-electron chi connectivity index (χ1n) is 14.8. The fourth-order valence-corrected chi connectivity index (χ4v) is 5.88. The summed E-state index contributed by atoms with van der Waals surface area (Å²) in [5, 5.41) is 7.84. The maximum atomic E-state index is 13.1. The molecule has 2 saturated heterocycles. The number of benzene rings is 1. The summed E-state index contributed by atoms with van der Waals surface area (Å²) in [5.74, 6) is 6.22. The number of terminal acetylenes is 1. The predicted octanol–water partition coefficient (Wildman–Crippen LogP) is 5.76. The lowest BCUT2D eigenvalue weighted by molar-refractivity contribution is -0.131. The van der Waals surface area contributed by atoms with Crippen molar-refractivity contribution in [3.63, 3.8) is 0 Å². The molecular weight excluding hydrogens is 580 g/mol. The van der Waals surface area contributed by atoms with E-state index in [1.807, 2.05) is 40.1 Å². The molecule has 4 aromatic rings. The number of nitrogens with zero attached hydrogens (tertiary/aromatic N) is 4. The molecule has 1 amide bonds. The highest BCUT2D eigenvalue weighted by Crippen LogP contribution is 2.38. The van der Waals surface area contributed by atoms with Crippen LogP contribution in [0.25, 0.3) is 22.1 Å². The number of para-hydroxylation sites is 1. The summed E-state index contributed by atoms with van der Waals surface area (Å²) in [7, 11) is 0. The summed E-state index contributed by atoms with van der Waals surface area (Å²) in [6, 6.07) is 9.23. The molecule has 2 atom stereocenters. The van der Waals surface area contributed by atoms with Gasteiger partial charge in [-0.3, -0.25) is 9.59 Å². The van der Waals surface area contributed by atoms with Crippen molar-refractivity contribution in [1.29, 1.82) is 0 Å². The van der Waals surface area contributed by atoms with Crippen LogP contribution in [0.2, 0.25) is 0 Å². The number of hydrogen-bond donors (Lipinski definition) is 2. The average Bonchev–Trinajstić information content (AvgIpc) is 3.68. The molecule has 1 aromatic carbocycles. The summed E-state index contributed by atoms with van der Waals surface area (Å²) in [6.07, 6.45) is 7.23. The van der Waals surface area contributed by atoms with E-state index in [-0.39, 0.29) is 22.8 Å². The van der Waals surface area contributed by atoms with Crippen molar-refractivity contribution < 1.29 is 23.1 Å². The Hall–Kier alpha value is -4.90. The van der Waals surface area contributed by atoms with E-state index in [1.165, 1.54) is 6.11 Å². The summed E-state index contributed by atoms with van der Waals surface area (Å²) in [4.78, 5) is 38.5. The number of hydrogen-bond acceptors (Lipinski definition) is 7. The van der Waals surface area contributed by atoms with E-state index in [9.17, 15) is 18.4 Å². The highest BCUT2D eigenvalue weighted by atomic mass is 19.3. The normalized spacial score (nSPS) is 19.2. The monoisotopic (exact) mass is 617 g/mol. The van der Waals surface area contributed by atoms with Crippen LogP contribution in [0.15, 0.2) is 45.7 Å². The molecule has 5 heterocycles. The lowest BCUT2D eigenvalue weighted by atomic mass is 9.68. The highest BCUT2D eigenvalue weighted by molar-refractivity contribution is 6.05. The van der Waals surface area contributed by atoms with Crippen molar-refractivity contribution in [3.8, 4) is 24.4 Å². The third-order valence-corrected chi connectivity index (χ3v) is 8.54. The number of aromatic amines is 1. The van der Waals surface area contributed by atoms with Crippen LogP contribution in [0.3, 0.4) is 0 Å². The van der Waals surface area contributed by atoms with E-state index in [0.717, 1.165) is 48.9 Å². The number of aromatic nitrogens is 3. The van der Waals surface area contributed by atoms with Crippen molar-refractivity contribution in [2.75, 3.05) is 31.1 Å². The smallest absolute Gasteiger partial charge is 0.297 e. The Morgan fingerprint density at radius 3 is 2.53 bits per heavy atom. The lowest BCUT2D eigenvalue weighted by Crippen LogP contribution is -2.50. The number of carbonyl (C=O) groups is 1. The highest BCUT2D eigenvalue weighted by Gasteiger charge is 2.40. The number of furan rings is 1. The van der Waals surface area contributed by atoms with Crippen molar-refractivity contribution in [1.82, 2.24) is 19.9 Å². The summed E-state index contributed by atoms with van der Waals surface area (Å²) < 4.78 is 32.0. The van der Waals surface area contributed by atoms with Crippen LogP contribution in [0.4, 0.5) is 14.6 Å². The number of piperidine rings is 1. The molecule has 2 unspecified atom stereocenters. The molecule has 11 heteroatoms. The summed E-state index contributed by atoms with van der Waals surface area (Å²) in [5.41, 5.74) is 2.94. The Labute approximate surface area is 260 Å². The van der Waals surface area contributed by atoms with Gasteiger partial charge in [0.25, 0.3) is 12.0 Å². The third kappa shape index (κ3) is 7.09. The minimum Gasteiger partial charge on any atom is -0.462 e. The topological polar surface area (TPSA) is 116 Å². The summed E-state index contributed by atoms with van der Waals surface area (Å²) in [6.45, 7) is 10.6. The van der Waals surface area contributed by atoms with E-state index in [1.54, 1.807) is 20.0 Å². The number of H-pyrrole nitrogens is 1. The standard InChI is InChI=1S/C17H22N2O2.C15H13F2N3O.C2H2O/c1-5-6-14-9-15(16(21)18-10-14)17(4)7-8-19(13(3)20)11-12(17)2;16-13(17)14-18-11-9-5-1-2-6-10(9)21-12(11)15(19-14)20-7-3-4-8-20;1-2-3/h9-10,12H,7-8,11H2,1-4H3,(H,18,21);1-2,5-6,13H,3-4,7-8H2;1,3H. The van der Waals surface area contributed by atoms with Gasteiger partial charge in [-0.05, 0) is 50.3 Å². The van der Waals surface area contributed by atoms with Crippen molar-refractivity contribution in [2.45, 2.75) is 58.8 Å². The zero-order valence-corrected chi connectivity index (χ0v) is 25.9. The number of pyridine rings is 1.